The second-order valence-corrected chi connectivity index (χ2v) is 8.88. The molecular weight excluding hydrogens is 442 g/mol. The number of Topliss-reactive ketones (excluding diaryl/α,β-unsaturated/α-hetero) is 1. The minimum Gasteiger partial charge on any atom is -0.507 e. The number of ether oxygens (including phenoxy) is 1. The van der Waals surface area contributed by atoms with Crippen molar-refractivity contribution in [3.63, 3.8) is 0 Å². The van der Waals surface area contributed by atoms with Gasteiger partial charge in [-0.1, -0.05) is 45.0 Å². The molecule has 1 aliphatic rings. The molecule has 1 fully saturated rings. The Hall–Kier alpha value is -3.32. The number of aliphatic hydroxyl groups is 1. The highest BCUT2D eigenvalue weighted by Crippen LogP contribution is 2.40. The Bertz CT molecular complexity index is 1060. The van der Waals surface area contributed by atoms with Gasteiger partial charge in [-0.15, -0.1) is 0 Å². The van der Waals surface area contributed by atoms with Gasteiger partial charge in [0.25, 0.3) is 11.7 Å². The molecule has 0 bridgehead atoms. The highest BCUT2D eigenvalue weighted by Gasteiger charge is 2.46. The lowest BCUT2D eigenvalue weighted by Gasteiger charge is -2.28. The van der Waals surface area contributed by atoms with Crippen LogP contribution in [-0.4, -0.2) is 73.5 Å². The van der Waals surface area contributed by atoms with E-state index in [1.165, 1.54) is 0 Å². The Labute approximate surface area is 208 Å². The fourth-order valence-corrected chi connectivity index (χ4v) is 4.31. The molecule has 2 aromatic rings. The molecule has 0 aromatic heterocycles. The normalized spacial score (nSPS) is 17.3. The summed E-state index contributed by atoms with van der Waals surface area (Å²) in [5.41, 5.74) is 2.36. The zero-order valence-electron chi connectivity index (χ0n) is 21.5. The van der Waals surface area contributed by atoms with E-state index in [0.717, 1.165) is 30.8 Å². The number of hydrogen-bond donors (Lipinski definition) is 1. The van der Waals surface area contributed by atoms with Gasteiger partial charge in [-0.25, -0.2) is 0 Å². The molecule has 1 heterocycles. The van der Waals surface area contributed by atoms with Crippen molar-refractivity contribution in [2.24, 2.45) is 0 Å². The Morgan fingerprint density at radius 2 is 1.71 bits per heavy atom. The Balaban J connectivity index is 2.08. The maximum Gasteiger partial charge on any atom is 0.295 e. The highest BCUT2D eigenvalue weighted by molar-refractivity contribution is 6.46. The van der Waals surface area contributed by atoms with E-state index >= 15 is 0 Å². The quantitative estimate of drug-likeness (QED) is 0.294. The summed E-state index contributed by atoms with van der Waals surface area (Å²) < 4.78 is 5.71. The third-order valence-electron chi connectivity index (χ3n) is 6.40. The molecule has 1 atom stereocenters. The van der Waals surface area contributed by atoms with Crippen LogP contribution in [0.3, 0.4) is 0 Å². The van der Waals surface area contributed by atoms with E-state index in [4.69, 9.17) is 4.74 Å². The fourth-order valence-electron chi connectivity index (χ4n) is 4.31. The van der Waals surface area contributed by atoms with Gasteiger partial charge in [-0.2, -0.15) is 0 Å². The minimum absolute atomic E-state index is 0.111. The predicted molar refractivity (Wildman–Crippen MR) is 140 cm³/mol. The van der Waals surface area contributed by atoms with Gasteiger partial charge >= 0.3 is 0 Å². The van der Waals surface area contributed by atoms with Gasteiger partial charge in [0.15, 0.2) is 0 Å². The Morgan fingerprint density at radius 3 is 2.31 bits per heavy atom. The van der Waals surface area contributed by atoms with Crippen molar-refractivity contribution in [2.45, 2.75) is 33.2 Å². The van der Waals surface area contributed by atoms with E-state index in [1.54, 1.807) is 23.1 Å². The van der Waals surface area contributed by atoms with Crippen LogP contribution in [0.5, 0.6) is 5.75 Å². The van der Waals surface area contributed by atoms with Gasteiger partial charge in [0.05, 0.1) is 18.2 Å². The monoisotopic (exact) mass is 479 g/mol. The zero-order chi connectivity index (χ0) is 25.5. The number of carbonyl (C=O) groups excluding carboxylic acids is 2. The van der Waals surface area contributed by atoms with Crippen LogP contribution >= 0.6 is 0 Å². The maximum atomic E-state index is 13.3. The van der Waals surface area contributed by atoms with Crippen molar-refractivity contribution in [3.05, 3.63) is 65.2 Å². The molecule has 1 aliphatic heterocycles. The van der Waals surface area contributed by atoms with Gasteiger partial charge < -0.3 is 24.5 Å². The average Bonchev–Trinajstić information content (AvgIpc) is 3.12. The highest BCUT2D eigenvalue weighted by atomic mass is 16.5. The Kier molecular flexibility index (Phi) is 8.93. The second kappa shape index (κ2) is 11.9. The van der Waals surface area contributed by atoms with Gasteiger partial charge in [0, 0.05) is 38.4 Å². The SMILES string of the molecule is CCCOc1cccc(C(O)=C2C(=O)C(=O)N(CCN(CC)CC)C2c2ccc(N(C)C)cc2)c1. The molecule has 2 aromatic carbocycles. The van der Waals surface area contributed by atoms with E-state index in [2.05, 4.69) is 18.7 Å². The van der Waals surface area contributed by atoms with Crippen LogP contribution in [0.4, 0.5) is 5.69 Å². The molecule has 1 amide bonds. The minimum atomic E-state index is -0.665. The summed E-state index contributed by atoms with van der Waals surface area (Å²) >= 11 is 0. The number of likely N-dealkylation sites (tertiary alicyclic amines) is 1. The molecule has 7 heteroatoms. The Morgan fingerprint density at radius 1 is 1.03 bits per heavy atom. The number of aliphatic hydroxyl groups excluding tert-OH is 1. The van der Waals surface area contributed by atoms with Gasteiger partial charge in [0.1, 0.15) is 11.5 Å². The summed E-state index contributed by atoms with van der Waals surface area (Å²) in [7, 11) is 3.91. The van der Waals surface area contributed by atoms with Crippen LogP contribution in [0.2, 0.25) is 0 Å². The molecule has 1 saturated heterocycles. The van der Waals surface area contributed by atoms with E-state index < -0.39 is 17.7 Å². The number of benzene rings is 2. The van der Waals surface area contributed by atoms with E-state index in [-0.39, 0.29) is 11.3 Å². The lowest BCUT2D eigenvalue weighted by atomic mass is 9.95. The largest absolute Gasteiger partial charge is 0.507 e. The number of amides is 1. The summed E-state index contributed by atoms with van der Waals surface area (Å²) in [5.74, 6) is -0.821. The van der Waals surface area contributed by atoms with Gasteiger partial charge in [-0.05, 0) is 49.3 Å². The predicted octanol–water partition coefficient (Wildman–Crippen LogP) is 4.30. The first-order chi connectivity index (χ1) is 16.8. The first-order valence-corrected chi connectivity index (χ1v) is 12.3. The molecule has 1 N–H and O–H groups in total. The first-order valence-electron chi connectivity index (χ1n) is 12.3. The van der Waals surface area contributed by atoms with Crippen LogP contribution in [0.25, 0.3) is 5.76 Å². The number of ketones is 1. The van der Waals surface area contributed by atoms with Crippen molar-refractivity contribution in [1.29, 1.82) is 0 Å². The number of nitrogens with zero attached hydrogens (tertiary/aromatic N) is 3. The average molecular weight is 480 g/mol. The third-order valence-corrected chi connectivity index (χ3v) is 6.40. The molecule has 0 radical (unpaired) electrons. The van der Waals surface area contributed by atoms with E-state index in [0.29, 0.717) is 31.0 Å². The number of hydrogen-bond acceptors (Lipinski definition) is 6. The summed E-state index contributed by atoms with van der Waals surface area (Å²) in [6.45, 7) is 9.46. The molecule has 0 aliphatic carbocycles. The lowest BCUT2D eigenvalue weighted by Crippen LogP contribution is -2.38. The summed E-state index contributed by atoms with van der Waals surface area (Å²) in [6.07, 6.45) is 0.858. The lowest BCUT2D eigenvalue weighted by molar-refractivity contribution is -0.140. The molecule has 0 spiro atoms. The fraction of sp³-hybridized carbons (Fsp3) is 0.429. The van der Waals surface area contributed by atoms with E-state index in [9.17, 15) is 14.7 Å². The summed E-state index contributed by atoms with van der Waals surface area (Å²) in [4.78, 5) is 32.2. The number of likely N-dealkylation sites (N-methyl/N-ethyl adjacent to an activating group) is 1. The van der Waals surface area contributed by atoms with Crippen molar-refractivity contribution in [2.75, 3.05) is 51.8 Å². The van der Waals surface area contributed by atoms with Crippen LogP contribution in [0.15, 0.2) is 54.1 Å². The topological polar surface area (TPSA) is 73.3 Å². The molecule has 188 valence electrons. The van der Waals surface area contributed by atoms with Crippen LogP contribution < -0.4 is 9.64 Å². The molecule has 1 unspecified atom stereocenters. The number of rotatable bonds is 11. The second-order valence-electron chi connectivity index (χ2n) is 8.88. The number of anilines is 1. The smallest absolute Gasteiger partial charge is 0.295 e. The number of carbonyl (C=O) groups is 2. The van der Waals surface area contributed by atoms with Gasteiger partial charge in [-0.3, -0.25) is 9.59 Å². The molecule has 0 saturated carbocycles. The van der Waals surface area contributed by atoms with Crippen molar-refractivity contribution in [1.82, 2.24) is 9.80 Å². The molecule has 7 nitrogen and oxygen atoms in total. The third kappa shape index (κ3) is 5.85. The molecule has 3 rings (SSSR count). The molecule has 35 heavy (non-hydrogen) atoms. The van der Waals surface area contributed by atoms with Crippen molar-refractivity contribution >= 4 is 23.1 Å². The standard InChI is InChI=1S/C28H37N3O4/c1-6-18-35-23-11-9-10-21(19-23)26(32)24-25(20-12-14-22(15-13-20)29(4)5)31(28(34)27(24)33)17-16-30(7-2)8-3/h9-15,19,25,32H,6-8,16-18H2,1-5H3. The van der Waals surface area contributed by atoms with Crippen LogP contribution in [-0.2, 0) is 9.59 Å². The van der Waals surface area contributed by atoms with E-state index in [1.807, 2.05) is 56.3 Å². The first kappa shape index (κ1) is 26.3. The molecular formula is C28H37N3O4. The summed E-state index contributed by atoms with van der Waals surface area (Å²) in [5, 5.41) is 11.3. The van der Waals surface area contributed by atoms with Crippen molar-refractivity contribution < 1.29 is 19.4 Å². The van der Waals surface area contributed by atoms with Crippen molar-refractivity contribution in [3.8, 4) is 5.75 Å². The summed E-state index contributed by atoms with van der Waals surface area (Å²) in [6, 6.07) is 14.1. The van der Waals surface area contributed by atoms with Crippen LogP contribution in [0.1, 0.15) is 44.4 Å². The maximum absolute atomic E-state index is 13.3. The van der Waals surface area contributed by atoms with Gasteiger partial charge in [0.2, 0.25) is 0 Å². The zero-order valence-corrected chi connectivity index (χ0v) is 21.5. The van der Waals surface area contributed by atoms with Crippen LogP contribution in [0, 0.1) is 0 Å².